The Hall–Kier alpha value is -2.90. The molecule has 1 aromatic heterocycles. The molecule has 1 unspecified atom stereocenters. The van der Waals surface area contributed by atoms with E-state index in [-0.39, 0.29) is 24.4 Å². The van der Waals surface area contributed by atoms with E-state index in [0.29, 0.717) is 23.8 Å². The molecule has 31 heavy (non-hydrogen) atoms. The molecule has 166 valence electrons. The number of imide groups is 1. The number of imidazole rings is 1. The van der Waals surface area contributed by atoms with E-state index in [9.17, 15) is 19.2 Å². The van der Waals surface area contributed by atoms with E-state index in [2.05, 4.69) is 5.32 Å². The highest BCUT2D eigenvalue weighted by atomic mass is 16.4. The number of hydrogen-bond acceptors (Lipinski definition) is 4. The Bertz CT molecular complexity index is 1070. The molecule has 2 heterocycles. The third-order valence-electron chi connectivity index (χ3n) is 6.93. The van der Waals surface area contributed by atoms with E-state index >= 15 is 0 Å². The number of aryl methyl sites for hydroxylation is 1. The summed E-state index contributed by atoms with van der Waals surface area (Å²) in [5.41, 5.74) is 2.42. The number of aromatic nitrogens is 2. The average molecular weight is 428 g/mol. The number of carbonyl (C=O) groups excluding carboxylic acids is 2. The SMILES string of the molecule is Cn1c(=O)n(C2CCC(=O)NC2=O)c2ccc(CC3CCC(CCC(=O)O)CC3)cc21. The third-order valence-corrected chi connectivity index (χ3v) is 6.93. The summed E-state index contributed by atoms with van der Waals surface area (Å²) in [5.74, 6) is -0.361. The van der Waals surface area contributed by atoms with Crippen molar-refractivity contribution in [2.75, 3.05) is 0 Å². The van der Waals surface area contributed by atoms with Crippen molar-refractivity contribution in [3.8, 4) is 0 Å². The number of rotatable bonds is 6. The Kier molecular flexibility index (Phi) is 5.98. The van der Waals surface area contributed by atoms with Crippen molar-refractivity contribution in [3.63, 3.8) is 0 Å². The van der Waals surface area contributed by atoms with Gasteiger partial charge in [-0.15, -0.1) is 0 Å². The molecule has 2 amide bonds. The number of aliphatic carboxylic acids is 1. The van der Waals surface area contributed by atoms with Crippen molar-refractivity contribution in [2.45, 2.75) is 63.8 Å². The number of nitrogens with zero attached hydrogens (tertiary/aromatic N) is 2. The van der Waals surface area contributed by atoms with Gasteiger partial charge in [0.15, 0.2) is 0 Å². The lowest BCUT2D eigenvalue weighted by molar-refractivity contribution is -0.138. The maximum atomic E-state index is 12.9. The van der Waals surface area contributed by atoms with Crippen LogP contribution in [0.15, 0.2) is 23.0 Å². The summed E-state index contributed by atoms with van der Waals surface area (Å²) in [5, 5.41) is 11.2. The number of carbonyl (C=O) groups is 3. The van der Waals surface area contributed by atoms with Gasteiger partial charge in [0.2, 0.25) is 11.8 Å². The van der Waals surface area contributed by atoms with Crippen molar-refractivity contribution in [1.82, 2.24) is 14.5 Å². The van der Waals surface area contributed by atoms with Crippen molar-refractivity contribution >= 4 is 28.8 Å². The van der Waals surface area contributed by atoms with Crippen LogP contribution in [0.3, 0.4) is 0 Å². The first-order valence-electron chi connectivity index (χ1n) is 11.1. The molecule has 8 nitrogen and oxygen atoms in total. The minimum absolute atomic E-state index is 0.229. The van der Waals surface area contributed by atoms with Gasteiger partial charge in [0.25, 0.3) is 0 Å². The smallest absolute Gasteiger partial charge is 0.329 e. The van der Waals surface area contributed by atoms with Gasteiger partial charge in [0.05, 0.1) is 11.0 Å². The number of nitrogens with one attached hydrogen (secondary N) is 1. The predicted molar refractivity (Wildman–Crippen MR) is 115 cm³/mol. The van der Waals surface area contributed by atoms with Gasteiger partial charge in [-0.1, -0.05) is 18.9 Å². The lowest BCUT2D eigenvalue weighted by Gasteiger charge is -2.28. The topological polar surface area (TPSA) is 110 Å². The van der Waals surface area contributed by atoms with Gasteiger partial charge >= 0.3 is 11.7 Å². The van der Waals surface area contributed by atoms with Crippen LogP contribution in [0.2, 0.25) is 0 Å². The number of fused-ring (bicyclic) bond motifs is 1. The van der Waals surface area contributed by atoms with Crippen molar-refractivity contribution in [1.29, 1.82) is 0 Å². The van der Waals surface area contributed by atoms with E-state index in [1.807, 2.05) is 18.2 Å². The standard InChI is InChI=1S/C23H29N3O5/c1-25-19-13-16(12-15-4-2-14(3-5-15)7-11-21(28)29)6-8-17(19)26(23(25)31)18-9-10-20(27)24-22(18)30/h6,8,13-15,18H,2-5,7,9-12H2,1H3,(H,28,29)(H,24,27,30). The Morgan fingerprint density at radius 1 is 1.06 bits per heavy atom. The van der Waals surface area contributed by atoms with Gasteiger partial charge in [0, 0.05) is 19.9 Å². The first-order valence-corrected chi connectivity index (χ1v) is 11.1. The van der Waals surface area contributed by atoms with E-state index in [1.54, 1.807) is 11.6 Å². The highest BCUT2D eigenvalue weighted by Gasteiger charge is 2.31. The zero-order valence-corrected chi connectivity index (χ0v) is 17.8. The molecule has 1 atom stereocenters. The summed E-state index contributed by atoms with van der Waals surface area (Å²) < 4.78 is 3.08. The van der Waals surface area contributed by atoms with Gasteiger partial charge in [-0.25, -0.2) is 4.79 Å². The number of piperidine rings is 1. The summed E-state index contributed by atoms with van der Waals surface area (Å²) in [7, 11) is 1.71. The van der Waals surface area contributed by atoms with E-state index in [1.165, 1.54) is 4.57 Å². The third kappa shape index (κ3) is 4.43. The van der Waals surface area contributed by atoms with Gasteiger partial charge < -0.3 is 5.11 Å². The fraction of sp³-hybridized carbons (Fsp3) is 0.565. The fourth-order valence-corrected chi connectivity index (χ4v) is 5.15. The molecule has 1 saturated heterocycles. The Morgan fingerprint density at radius 3 is 2.45 bits per heavy atom. The average Bonchev–Trinajstić information content (AvgIpc) is 2.98. The lowest BCUT2D eigenvalue weighted by Crippen LogP contribution is -2.44. The van der Waals surface area contributed by atoms with Gasteiger partial charge in [-0.2, -0.15) is 0 Å². The molecule has 2 fully saturated rings. The summed E-state index contributed by atoms with van der Waals surface area (Å²) in [6.45, 7) is 0. The molecule has 8 heteroatoms. The lowest BCUT2D eigenvalue weighted by atomic mass is 9.78. The Labute approximate surface area is 180 Å². The quantitative estimate of drug-likeness (QED) is 0.689. The molecule has 2 aromatic rings. The summed E-state index contributed by atoms with van der Waals surface area (Å²) >= 11 is 0. The molecule has 0 bridgehead atoms. The predicted octanol–water partition coefficient (Wildman–Crippen LogP) is 2.53. The van der Waals surface area contributed by atoms with E-state index < -0.39 is 17.9 Å². The van der Waals surface area contributed by atoms with Crippen LogP contribution in [0.4, 0.5) is 0 Å². The molecule has 1 saturated carbocycles. The fourth-order valence-electron chi connectivity index (χ4n) is 5.15. The molecule has 2 N–H and O–H groups in total. The first kappa shape index (κ1) is 21.3. The van der Waals surface area contributed by atoms with Crippen molar-refractivity contribution < 1.29 is 19.5 Å². The Morgan fingerprint density at radius 2 is 1.77 bits per heavy atom. The highest BCUT2D eigenvalue weighted by Crippen LogP contribution is 2.34. The normalized spacial score (nSPS) is 24.4. The molecule has 1 aliphatic carbocycles. The number of hydrogen-bond donors (Lipinski definition) is 2. The number of carboxylic acids is 1. The monoisotopic (exact) mass is 427 g/mol. The number of amides is 2. The molecule has 1 aromatic carbocycles. The molecule has 0 spiro atoms. The summed E-state index contributed by atoms with van der Waals surface area (Å²) in [6, 6.07) is 5.31. The van der Waals surface area contributed by atoms with E-state index in [0.717, 1.165) is 49.6 Å². The maximum Gasteiger partial charge on any atom is 0.329 e. The maximum absolute atomic E-state index is 12.9. The van der Waals surface area contributed by atoms with Crippen LogP contribution in [0.1, 0.15) is 63.0 Å². The van der Waals surface area contributed by atoms with Crippen LogP contribution in [-0.2, 0) is 27.9 Å². The zero-order chi connectivity index (χ0) is 22.1. The summed E-state index contributed by atoms with van der Waals surface area (Å²) in [6.07, 6.45) is 6.85. The molecule has 4 rings (SSSR count). The Balaban J connectivity index is 1.49. The first-order chi connectivity index (χ1) is 14.8. The molecular weight excluding hydrogens is 398 g/mol. The number of carboxylic acid groups (broad SMARTS) is 1. The van der Waals surface area contributed by atoms with Crippen molar-refractivity contribution in [2.24, 2.45) is 18.9 Å². The molecule has 2 aliphatic rings. The zero-order valence-electron chi connectivity index (χ0n) is 17.8. The van der Waals surface area contributed by atoms with Crippen LogP contribution in [0, 0.1) is 11.8 Å². The van der Waals surface area contributed by atoms with E-state index in [4.69, 9.17) is 5.11 Å². The summed E-state index contributed by atoms with van der Waals surface area (Å²) in [4.78, 5) is 47.4. The van der Waals surface area contributed by atoms with Crippen LogP contribution < -0.4 is 11.0 Å². The second-order valence-corrected chi connectivity index (χ2v) is 9.02. The van der Waals surface area contributed by atoms with Gasteiger partial charge in [-0.3, -0.25) is 28.8 Å². The molecule has 0 radical (unpaired) electrons. The van der Waals surface area contributed by atoms with Crippen LogP contribution in [-0.4, -0.2) is 32.0 Å². The van der Waals surface area contributed by atoms with Crippen molar-refractivity contribution in [3.05, 3.63) is 34.2 Å². The second-order valence-electron chi connectivity index (χ2n) is 9.02. The van der Waals surface area contributed by atoms with Crippen LogP contribution in [0.5, 0.6) is 0 Å². The minimum atomic E-state index is -0.717. The van der Waals surface area contributed by atoms with Gasteiger partial charge in [-0.05, 0) is 61.6 Å². The highest BCUT2D eigenvalue weighted by molar-refractivity contribution is 6.00. The van der Waals surface area contributed by atoms with Crippen LogP contribution in [0.25, 0.3) is 11.0 Å². The van der Waals surface area contributed by atoms with Gasteiger partial charge in [0.1, 0.15) is 6.04 Å². The van der Waals surface area contributed by atoms with Crippen LogP contribution >= 0.6 is 0 Å². The second kappa shape index (κ2) is 8.69. The minimum Gasteiger partial charge on any atom is -0.481 e. The molecule has 1 aliphatic heterocycles. The largest absolute Gasteiger partial charge is 0.481 e. The molecular formula is C23H29N3O5. The number of benzene rings is 1.